The number of hydrogen-bond acceptors (Lipinski definition) is 15. The quantitative estimate of drug-likeness (QED) is 0.0169. The Morgan fingerprint density at radius 1 is 0.279 bits per heavy atom. The summed E-state index contributed by atoms with van der Waals surface area (Å²) in [6.45, 7) is 4.69. The van der Waals surface area contributed by atoms with Gasteiger partial charge in [0.1, 0.15) is 19.3 Å². The molecule has 0 aliphatic carbocycles. The van der Waals surface area contributed by atoms with Gasteiger partial charge in [0, 0.05) is 25.7 Å². The first-order valence-corrected chi connectivity index (χ1v) is 44.1. The van der Waals surface area contributed by atoms with E-state index in [1.807, 2.05) is 0 Å². The Hall–Kier alpha value is -4.28. The second kappa shape index (κ2) is 76.9. The Morgan fingerprint density at radius 2 is 0.500 bits per heavy atom. The van der Waals surface area contributed by atoms with Crippen LogP contribution in [0, 0.1) is 0 Å². The molecule has 0 aromatic heterocycles. The molecule has 0 amide bonds. The van der Waals surface area contributed by atoms with Crippen molar-refractivity contribution in [3.63, 3.8) is 0 Å². The van der Waals surface area contributed by atoms with Crippen LogP contribution in [0.5, 0.6) is 0 Å². The van der Waals surface area contributed by atoms with Crippen LogP contribution in [-0.2, 0) is 65.4 Å². The number of phosphoric acid groups is 2. The van der Waals surface area contributed by atoms with Crippen LogP contribution in [0.1, 0.15) is 349 Å². The summed E-state index contributed by atoms with van der Waals surface area (Å²) in [7, 11) is -9.97. The largest absolute Gasteiger partial charge is 0.472 e. The summed E-state index contributed by atoms with van der Waals surface area (Å²) in [5.74, 6) is -2.23. The Labute approximate surface area is 632 Å². The van der Waals surface area contributed by atoms with Gasteiger partial charge >= 0.3 is 39.5 Å². The summed E-state index contributed by atoms with van der Waals surface area (Å²) in [4.78, 5) is 73.1. The van der Waals surface area contributed by atoms with Crippen LogP contribution >= 0.6 is 15.6 Å². The second-order valence-electron chi connectivity index (χ2n) is 27.3. The minimum Gasteiger partial charge on any atom is -0.462 e. The molecule has 0 saturated carbocycles. The third-order valence-electron chi connectivity index (χ3n) is 17.2. The predicted molar refractivity (Wildman–Crippen MR) is 427 cm³/mol. The van der Waals surface area contributed by atoms with E-state index in [9.17, 15) is 43.2 Å². The van der Waals surface area contributed by atoms with Crippen molar-refractivity contribution in [3.05, 3.63) is 109 Å². The fourth-order valence-corrected chi connectivity index (χ4v) is 12.5. The van der Waals surface area contributed by atoms with Crippen molar-refractivity contribution in [2.45, 2.75) is 367 Å². The zero-order valence-corrected chi connectivity index (χ0v) is 67.5. The molecule has 3 unspecified atom stereocenters. The van der Waals surface area contributed by atoms with Gasteiger partial charge in [-0.2, -0.15) is 0 Å². The third kappa shape index (κ3) is 75.9. The van der Waals surface area contributed by atoms with E-state index in [1.165, 1.54) is 96.3 Å². The molecule has 0 aliphatic heterocycles. The molecule has 5 atom stereocenters. The maximum atomic E-state index is 13.1. The molecule has 3 N–H and O–H groups in total. The Kier molecular flexibility index (Phi) is 73.7. The number of phosphoric ester groups is 2. The number of allylic oxidation sites excluding steroid dienone is 18. The van der Waals surface area contributed by atoms with Gasteiger partial charge in [0.15, 0.2) is 12.2 Å². The van der Waals surface area contributed by atoms with E-state index < -0.39 is 97.5 Å². The predicted octanol–water partition coefficient (Wildman–Crippen LogP) is 24.1. The van der Waals surface area contributed by atoms with Crippen molar-refractivity contribution in [2.75, 3.05) is 39.6 Å². The van der Waals surface area contributed by atoms with Gasteiger partial charge in [0.2, 0.25) is 0 Å². The van der Waals surface area contributed by atoms with Gasteiger partial charge in [-0.1, -0.05) is 278 Å². The molecular weight excluding hydrogens is 1350 g/mol. The number of unbranched alkanes of at least 4 members (excludes halogenated alkanes) is 33. The smallest absolute Gasteiger partial charge is 0.462 e. The molecule has 0 aliphatic rings. The molecule has 17 nitrogen and oxygen atoms in total. The van der Waals surface area contributed by atoms with Crippen molar-refractivity contribution < 1.29 is 80.2 Å². The molecule has 0 saturated heterocycles. The molecule has 19 heteroatoms. The number of ether oxygens (including phenoxy) is 4. The highest BCUT2D eigenvalue weighted by Crippen LogP contribution is 2.45. The molecule has 0 fully saturated rings. The van der Waals surface area contributed by atoms with Crippen LogP contribution in [0.4, 0.5) is 0 Å². The fraction of sp³-hybridized carbons (Fsp3) is 0.741. The summed E-state index contributed by atoms with van der Waals surface area (Å²) in [6.07, 6.45) is 83.4. The van der Waals surface area contributed by atoms with Gasteiger partial charge < -0.3 is 33.8 Å². The molecule has 0 aromatic rings. The molecule has 600 valence electrons. The number of esters is 4. The molecule has 0 bridgehead atoms. The molecular formula is C85H148O17P2. The van der Waals surface area contributed by atoms with E-state index in [4.69, 9.17) is 37.0 Å². The third-order valence-corrected chi connectivity index (χ3v) is 19.1. The normalized spacial score (nSPS) is 14.4. The molecule has 0 heterocycles. The second-order valence-corrected chi connectivity index (χ2v) is 30.2. The number of carbonyl (C=O) groups excluding carboxylic acids is 4. The highest BCUT2D eigenvalue weighted by atomic mass is 31.2. The van der Waals surface area contributed by atoms with Gasteiger partial charge in [-0.25, -0.2) is 9.13 Å². The SMILES string of the molecule is CC/C=C\C/C=C\C/C=C\C/C=C\C/C=C\CCCCCC(=O)OC[C@H](COP(=O)(O)OCC(O)COP(=O)(O)OC[C@@H](COC(=O)CCCCCCCCC/C=C\CCCCCC)OC(=O)CCCCCCC/C=C\CCCCCCCC)OC(=O)CCCCCCC/C=C\C/C=C\CCCCC. The Morgan fingerprint density at radius 3 is 0.817 bits per heavy atom. The standard InChI is InChI=1S/C85H148O17P2/c1-5-9-13-17-21-25-29-33-37-38-39-40-44-46-50-54-58-62-66-70-83(88)96-76-81(102-85(90)72-68-64-60-56-52-48-43-36-32-28-24-20-16-12-8-4)78-100-104(93,94)98-74-79(86)73-97-103(91,92)99-77-80(101-84(89)71-67-63-59-55-51-47-42-35-31-27-23-19-15-11-7-3)75-95-82(87)69-65-61-57-53-49-45-41-34-30-26-22-18-14-10-6-2/h9,13,21,24-26,28,30,33,35-37,39-40,42-43,46,50,79-81,86H,5-8,10-12,14-20,22-23,27,29,31-32,34,38,41,44-45,47-49,51-78H2,1-4H3,(H,91,92)(H,93,94)/b13-9-,25-21-,28-24-,30-26-,37-33-,40-39-,42-35-,43-36-,50-46-/t79?,80-,81-/m1/s1. The van der Waals surface area contributed by atoms with Gasteiger partial charge in [-0.05, 0) is 154 Å². The van der Waals surface area contributed by atoms with Gasteiger partial charge in [-0.15, -0.1) is 0 Å². The summed E-state index contributed by atoms with van der Waals surface area (Å²) < 4.78 is 68.7. The van der Waals surface area contributed by atoms with Gasteiger partial charge in [0.25, 0.3) is 0 Å². The zero-order valence-electron chi connectivity index (χ0n) is 65.7. The number of aliphatic hydroxyl groups is 1. The van der Waals surface area contributed by atoms with E-state index in [0.717, 1.165) is 173 Å². The van der Waals surface area contributed by atoms with E-state index in [2.05, 4.69) is 137 Å². The lowest BCUT2D eigenvalue weighted by atomic mass is 10.1. The fourth-order valence-electron chi connectivity index (χ4n) is 10.9. The minimum absolute atomic E-state index is 0.0700. The summed E-state index contributed by atoms with van der Waals surface area (Å²) in [6, 6.07) is 0. The van der Waals surface area contributed by atoms with Crippen LogP contribution < -0.4 is 0 Å². The van der Waals surface area contributed by atoms with E-state index in [1.54, 1.807) is 0 Å². The first-order chi connectivity index (χ1) is 50.7. The molecule has 0 aromatic carbocycles. The number of hydrogen-bond donors (Lipinski definition) is 3. The number of rotatable bonds is 77. The topological polar surface area (TPSA) is 237 Å². The average molecular weight is 1500 g/mol. The number of aliphatic hydroxyl groups excluding tert-OH is 1. The van der Waals surface area contributed by atoms with Crippen LogP contribution in [0.25, 0.3) is 0 Å². The first-order valence-electron chi connectivity index (χ1n) is 41.1. The van der Waals surface area contributed by atoms with Gasteiger partial charge in [-0.3, -0.25) is 37.3 Å². The Bertz CT molecular complexity index is 2390. The lowest BCUT2D eigenvalue weighted by molar-refractivity contribution is -0.161. The highest BCUT2D eigenvalue weighted by Gasteiger charge is 2.30. The summed E-state index contributed by atoms with van der Waals surface area (Å²) in [5.41, 5.74) is 0. The van der Waals surface area contributed by atoms with Crippen LogP contribution in [0.2, 0.25) is 0 Å². The first kappa shape index (κ1) is 99.7. The average Bonchev–Trinajstić information content (AvgIpc) is 0.918. The van der Waals surface area contributed by atoms with Crippen molar-refractivity contribution in [1.82, 2.24) is 0 Å². The summed E-state index contributed by atoms with van der Waals surface area (Å²) >= 11 is 0. The van der Waals surface area contributed by atoms with Crippen LogP contribution in [0.15, 0.2) is 109 Å². The van der Waals surface area contributed by atoms with E-state index in [-0.39, 0.29) is 25.7 Å². The zero-order chi connectivity index (χ0) is 76.0. The van der Waals surface area contributed by atoms with Crippen molar-refractivity contribution in [1.29, 1.82) is 0 Å². The molecule has 0 rings (SSSR count). The lowest BCUT2D eigenvalue weighted by Crippen LogP contribution is -2.30. The number of carbonyl (C=O) groups is 4. The van der Waals surface area contributed by atoms with Gasteiger partial charge in [0.05, 0.1) is 26.4 Å². The molecule has 104 heavy (non-hydrogen) atoms. The van der Waals surface area contributed by atoms with Crippen molar-refractivity contribution in [2.24, 2.45) is 0 Å². The van der Waals surface area contributed by atoms with E-state index >= 15 is 0 Å². The maximum Gasteiger partial charge on any atom is 0.472 e. The van der Waals surface area contributed by atoms with Crippen molar-refractivity contribution in [3.8, 4) is 0 Å². The van der Waals surface area contributed by atoms with Crippen molar-refractivity contribution >= 4 is 39.5 Å². The summed E-state index contributed by atoms with van der Waals surface area (Å²) in [5, 5.41) is 10.7. The monoisotopic (exact) mass is 1500 g/mol. The Balaban J connectivity index is 5.40. The maximum absolute atomic E-state index is 13.1. The lowest BCUT2D eigenvalue weighted by Gasteiger charge is -2.21. The van der Waals surface area contributed by atoms with E-state index in [0.29, 0.717) is 25.7 Å². The van der Waals surface area contributed by atoms with Crippen LogP contribution in [0.3, 0.4) is 0 Å². The highest BCUT2D eigenvalue weighted by molar-refractivity contribution is 7.47. The van der Waals surface area contributed by atoms with Crippen LogP contribution in [-0.4, -0.2) is 96.7 Å². The molecule has 0 spiro atoms. The minimum atomic E-state index is -4.99. The molecule has 0 radical (unpaired) electrons.